The van der Waals surface area contributed by atoms with Crippen molar-refractivity contribution in [2.45, 2.75) is 38.2 Å². The fourth-order valence-electron chi connectivity index (χ4n) is 5.03. The zero-order valence-corrected chi connectivity index (χ0v) is 16.8. The van der Waals surface area contributed by atoms with Gasteiger partial charge in [-0.15, -0.1) is 0 Å². The first-order valence-corrected chi connectivity index (χ1v) is 10.7. The summed E-state index contributed by atoms with van der Waals surface area (Å²) in [7, 11) is 0. The molecule has 0 N–H and O–H groups in total. The minimum absolute atomic E-state index is 0.0254. The molecule has 3 aliphatic heterocycles. The normalized spacial score (nSPS) is 25.0. The molecular formula is C22H26ClN3O2. The molecule has 1 atom stereocenters. The minimum atomic E-state index is -0.286. The molecule has 4 heterocycles. The Hall–Kier alpha value is -1.85. The summed E-state index contributed by atoms with van der Waals surface area (Å²) < 4.78 is 5.80. The van der Waals surface area contributed by atoms with Crippen LogP contribution in [0.4, 0.5) is 5.82 Å². The number of nitrogens with zero attached hydrogens (tertiary/aromatic N) is 3. The van der Waals surface area contributed by atoms with Crippen LogP contribution in [0.2, 0.25) is 5.02 Å². The maximum absolute atomic E-state index is 12.7. The van der Waals surface area contributed by atoms with E-state index in [1.54, 1.807) is 0 Å². The molecule has 1 aromatic carbocycles. The molecule has 0 aliphatic carbocycles. The Bertz CT molecular complexity index is 888. The van der Waals surface area contributed by atoms with Crippen LogP contribution in [-0.2, 0) is 9.53 Å². The van der Waals surface area contributed by atoms with Crippen molar-refractivity contribution >= 4 is 34.3 Å². The summed E-state index contributed by atoms with van der Waals surface area (Å²) in [6.07, 6.45) is 5.18. The molecule has 0 bridgehead atoms. The van der Waals surface area contributed by atoms with Gasteiger partial charge in [0.05, 0.1) is 10.9 Å². The topological polar surface area (TPSA) is 45.7 Å². The molecule has 3 saturated heterocycles. The van der Waals surface area contributed by atoms with Crippen LogP contribution in [-0.4, -0.2) is 54.7 Å². The molecule has 148 valence electrons. The van der Waals surface area contributed by atoms with Gasteiger partial charge < -0.3 is 9.64 Å². The van der Waals surface area contributed by atoms with Crippen LogP contribution in [0, 0.1) is 5.41 Å². The number of halogens is 1. The SMILES string of the molecule is O=C1OC(CN2CCCC2)CC12CCN(c1ccc3cc(Cl)ccc3n1)CC2. The van der Waals surface area contributed by atoms with Crippen molar-refractivity contribution < 1.29 is 9.53 Å². The number of benzene rings is 1. The van der Waals surface area contributed by atoms with Gasteiger partial charge in [-0.1, -0.05) is 11.6 Å². The van der Waals surface area contributed by atoms with Gasteiger partial charge in [-0.05, 0) is 69.1 Å². The van der Waals surface area contributed by atoms with E-state index < -0.39 is 0 Å². The average molecular weight is 400 g/mol. The minimum Gasteiger partial charge on any atom is -0.461 e. The van der Waals surface area contributed by atoms with Crippen molar-refractivity contribution in [2.24, 2.45) is 5.41 Å². The van der Waals surface area contributed by atoms with Crippen LogP contribution in [0.5, 0.6) is 0 Å². The second kappa shape index (κ2) is 7.20. The number of esters is 1. The second-order valence-corrected chi connectivity index (χ2v) is 8.95. The first-order chi connectivity index (χ1) is 13.6. The first kappa shape index (κ1) is 18.2. The number of cyclic esters (lactones) is 1. The van der Waals surface area contributed by atoms with Crippen LogP contribution < -0.4 is 4.90 Å². The molecule has 0 radical (unpaired) electrons. The first-order valence-electron chi connectivity index (χ1n) is 10.4. The van der Waals surface area contributed by atoms with E-state index in [1.165, 1.54) is 12.8 Å². The summed E-state index contributed by atoms with van der Waals surface area (Å²) in [6, 6.07) is 9.91. The van der Waals surface area contributed by atoms with E-state index in [-0.39, 0.29) is 17.5 Å². The molecule has 2 aromatic rings. The number of carbonyl (C=O) groups is 1. The van der Waals surface area contributed by atoms with Gasteiger partial charge in [0.15, 0.2) is 0 Å². The van der Waals surface area contributed by atoms with Gasteiger partial charge in [0, 0.05) is 36.5 Å². The fraction of sp³-hybridized carbons (Fsp3) is 0.545. The Morgan fingerprint density at radius 2 is 1.89 bits per heavy atom. The number of hydrogen-bond acceptors (Lipinski definition) is 5. The summed E-state index contributed by atoms with van der Waals surface area (Å²) in [5.74, 6) is 1.00. The number of hydrogen-bond donors (Lipinski definition) is 0. The predicted octanol–water partition coefficient (Wildman–Crippen LogP) is 3.89. The average Bonchev–Trinajstić information content (AvgIpc) is 3.31. The lowest BCUT2D eigenvalue weighted by Crippen LogP contribution is -2.43. The monoisotopic (exact) mass is 399 g/mol. The fourth-order valence-corrected chi connectivity index (χ4v) is 5.21. The standard InChI is InChI=1S/C22H26ClN3O2/c23-17-4-5-19-16(13-17)3-6-20(24-19)26-11-7-22(8-12-26)14-18(28-21(22)27)15-25-9-1-2-10-25/h3-6,13,18H,1-2,7-12,14-15H2. The van der Waals surface area contributed by atoms with E-state index >= 15 is 0 Å². The quantitative estimate of drug-likeness (QED) is 0.733. The van der Waals surface area contributed by atoms with Gasteiger partial charge in [-0.25, -0.2) is 4.98 Å². The number of anilines is 1. The predicted molar refractivity (Wildman–Crippen MR) is 111 cm³/mol. The maximum atomic E-state index is 12.7. The maximum Gasteiger partial charge on any atom is 0.312 e. The van der Waals surface area contributed by atoms with Crippen molar-refractivity contribution in [1.82, 2.24) is 9.88 Å². The number of ether oxygens (including phenoxy) is 1. The largest absolute Gasteiger partial charge is 0.461 e. The Balaban J connectivity index is 1.25. The molecule has 1 spiro atoms. The van der Waals surface area contributed by atoms with Gasteiger partial charge in [-0.3, -0.25) is 9.69 Å². The number of fused-ring (bicyclic) bond motifs is 1. The van der Waals surface area contributed by atoms with Gasteiger partial charge in [0.1, 0.15) is 11.9 Å². The lowest BCUT2D eigenvalue weighted by molar-refractivity contribution is -0.150. The highest BCUT2D eigenvalue weighted by Gasteiger charge is 2.50. The number of aromatic nitrogens is 1. The van der Waals surface area contributed by atoms with Crippen molar-refractivity contribution in [3.63, 3.8) is 0 Å². The van der Waals surface area contributed by atoms with Gasteiger partial charge in [0.2, 0.25) is 0 Å². The molecular weight excluding hydrogens is 374 g/mol. The van der Waals surface area contributed by atoms with Crippen molar-refractivity contribution in [2.75, 3.05) is 37.6 Å². The summed E-state index contributed by atoms with van der Waals surface area (Å²) in [5.41, 5.74) is 0.666. The third kappa shape index (κ3) is 3.35. The molecule has 5 nitrogen and oxygen atoms in total. The summed E-state index contributed by atoms with van der Waals surface area (Å²) in [6.45, 7) is 4.89. The smallest absolute Gasteiger partial charge is 0.312 e. The van der Waals surface area contributed by atoms with E-state index in [1.807, 2.05) is 18.2 Å². The molecule has 3 fully saturated rings. The Morgan fingerprint density at radius 3 is 2.68 bits per heavy atom. The Morgan fingerprint density at radius 1 is 1.11 bits per heavy atom. The van der Waals surface area contributed by atoms with Crippen LogP contribution in [0.1, 0.15) is 32.1 Å². The molecule has 6 heteroatoms. The van der Waals surface area contributed by atoms with Gasteiger partial charge in [-0.2, -0.15) is 0 Å². The summed E-state index contributed by atoms with van der Waals surface area (Å²) in [4.78, 5) is 22.2. The van der Waals surface area contributed by atoms with Gasteiger partial charge >= 0.3 is 5.97 Å². The Labute approximate surface area is 170 Å². The third-order valence-electron chi connectivity index (χ3n) is 6.67. The molecule has 3 aliphatic rings. The highest BCUT2D eigenvalue weighted by molar-refractivity contribution is 6.31. The lowest BCUT2D eigenvalue weighted by atomic mass is 9.76. The molecule has 0 amide bonds. The molecule has 0 saturated carbocycles. The van der Waals surface area contributed by atoms with Crippen LogP contribution >= 0.6 is 11.6 Å². The third-order valence-corrected chi connectivity index (χ3v) is 6.90. The van der Waals surface area contributed by atoms with E-state index in [4.69, 9.17) is 21.3 Å². The number of pyridine rings is 1. The highest BCUT2D eigenvalue weighted by Crippen LogP contribution is 2.44. The highest BCUT2D eigenvalue weighted by atomic mass is 35.5. The zero-order valence-electron chi connectivity index (χ0n) is 16.1. The van der Waals surface area contributed by atoms with Crippen molar-refractivity contribution in [1.29, 1.82) is 0 Å². The van der Waals surface area contributed by atoms with E-state index in [2.05, 4.69) is 21.9 Å². The molecule has 5 rings (SSSR count). The molecule has 28 heavy (non-hydrogen) atoms. The van der Waals surface area contributed by atoms with Gasteiger partial charge in [0.25, 0.3) is 0 Å². The molecule has 1 unspecified atom stereocenters. The number of carbonyl (C=O) groups excluding carboxylic acids is 1. The summed E-state index contributed by atoms with van der Waals surface area (Å²) >= 11 is 6.07. The van der Waals surface area contributed by atoms with E-state index in [0.29, 0.717) is 0 Å². The van der Waals surface area contributed by atoms with E-state index in [9.17, 15) is 4.79 Å². The zero-order chi connectivity index (χ0) is 19.1. The van der Waals surface area contributed by atoms with Crippen LogP contribution in [0.3, 0.4) is 0 Å². The van der Waals surface area contributed by atoms with Crippen molar-refractivity contribution in [3.8, 4) is 0 Å². The number of likely N-dealkylation sites (tertiary alicyclic amines) is 1. The molecule has 1 aromatic heterocycles. The number of rotatable bonds is 3. The van der Waals surface area contributed by atoms with Crippen LogP contribution in [0.15, 0.2) is 30.3 Å². The van der Waals surface area contributed by atoms with Crippen molar-refractivity contribution in [3.05, 3.63) is 35.4 Å². The van der Waals surface area contributed by atoms with Crippen LogP contribution in [0.25, 0.3) is 10.9 Å². The lowest BCUT2D eigenvalue weighted by Gasteiger charge is -2.37. The van der Waals surface area contributed by atoms with E-state index in [0.717, 1.165) is 73.7 Å². The Kier molecular flexibility index (Phi) is 4.68. The summed E-state index contributed by atoms with van der Waals surface area (Å²) in [5, 5.41) is 1.78. The second-order valence-electron chi connectivity index (χ2n) is 8.51. The number of piperidine rings is 1.